The molecule has 0 fully saturated rings. The highest BCUT2D eigenvalue weighted by Crippen LogP contribution is 2.26. The van der Waals surface area contributed by atoms with E-state index < -0.39 is 6.10 Å². The average molecular weight is 322 g/mol. The van der Waals surface area contributed by atoms with E-state index in [1.165, 1.54) is 0 Å². The van der Waals surface area contributed by atoms with E-state index in [2.05, 4.69) is 4.98 Å². The molecule has 1 atom stereocenters. The van der Waals surface area contributed by atoms with Crippen LogP contribution in [0.2, 0.25) is 0 Å². The van der Waals surface area contributed by atoms with Crippen LogP contribution < -0.4 is 0 Å². The molecule has 2 aromatic carbocycles. The first kappa shape index (κ1) is 14.1. The Bertz CT molecular complexity index is 1080. The van der Waals surface area contributed by atoms with Crippen LogP contribution in [0.15, 0.2) is 59.0 Å². The van der Waals surface area contributed by atoms with Crippen LogP contribution in [0.3, 0.4) is 0 Å². The number of rotatable bonds is 2. The van der Waals surface area contributed by atoms with Gasteiger partial charge >= 0.3 is 0 Å². The topological polar surface area (TPSA) is 51.2 Å². The van der Waals surface area contributed by atoms with Gasteiger partial charge in [-0.25, -0.2) is 4.98 Å². The summed E-state index contributed by atoms with van der Waals surface area (Å²) in [4.78, 5) is 4.96. The van der Waals surface area contributed by atoms with E-state index in [0.29, 0.717) is 16.1 Å². The molecule has 1 unspecified atom stereocenters. The van der Waals surface area contributed by atoms with Gasteiger partial charge in [0, 0.05) is 12.4 Å². The van der Waals surface area contributed by atoms with Crippen LogP contribution in [0.5, 0.6) is 0 Å². The van der Waals surface area contributed by atoms with Crippen molar-refractivity contribution < 1.29 is 9.52 Å². The summed E-state index contributed by atoms with van der Waals surface area (Å²) in [5.74, 6) is 0. The summed E-state index contributed by atoms with van der Waals surface area (Å²) in [5, 5.41) is 11.7. The average Bonchev–Trinajstić information content (AvgIpc) is 2.87. The number of aryl methyl sites for hydroxylation is 1. The maximum absolute atomic E-state index is 10.6. The first-order valence-electron chi connectivity index (χ1n) is 7.27. The molecule has 0 amide bonds. The number of hydrogen-bond donors (Lipinski definition) is 1. The summed E-state index contributed by atoms with van der Waals surface area (Å²) in [6, 6.07) is 17.2. The molecule has 0 aliphatic carbocycles. The number of benzene rings is 2. The Morgan fingerprint density at radius 1 is 1.13 bits per heavy atom. The monoisotopic (exact) mass is 322 g/mol. The number of pyridine rings is 1. The normalized spacial score (nSPS) is 12.8. The van der Waals surface area contributed by atoms with Crippen LogP contribution in [-0.4, -0.2) is 14.7 Å². The van der Waals surface area contributed by atoms with E-state index in [-0.39, 0.29) is 0 Å². The van der Waals surface area contributed by atoms with Crippen LogP contribution in [0.25, 0.3) is 22.0 Å². The Balaban J connectivity index is 1.80. The molecule has 4 aromatic rings. The van der Waals surface area contributed by atoms with Crippen molar-refractivity contribution in [2.24, 2.45) is 7.05 Å². The molecule has 0 spiro atoms. The molecule has 0 bridgehead atoms. The highest BCUT2D eigenvalue weighted by atomic mass is 32.1. The van der Waals surface area contributed by atoms with E-state index in [4.69, 9.17) is 16.6 Å². The zero-order valence-electron chi connectivity index (χ0n) is 12.4. The van der Waals surface area contributed by atoms with Gasteiger partial charge in [-0.2, -0.15) is 0 Å². The molecule has 0 radical (unpaired) electrons. The molecule has 114 valence electrons. The third-order valence-electron chi connectivity index (χ3n) is 4.03. The minimum absolute atomic E-state index is 0.412. The van der Waals surface area contributed by atoms with Gasteiger partial charge in [0.05, 0.1) is 16.7 Å². The molecule has 5 heteroatoms. The number of oxazole rings is 1. The smallest absolute Gasteiger partial charge is 0.269 e. The van der Waals surface area contributed by atoms with Crippen molar-refractivity contribution in [3.05, 3.63) is 70.7 Å². The van der Waals surface area contributed by atoms with Gasteiger partial charge < -0.3 is 14.1 Å². The fraction of sp³-hybridized carbons (Fsp3) is 0.111. The van der Waals surface area contributed by atoms with Crippen molar-refractivity contribution in [1.82, 2.24) is 9.55 Å². The Kier molecular flexibility index (Phi) is 3.25. The largest absolute Gasteiger partial charge is 0.429 e. The second kappa shape index (κ2) is 5.30. The lowest BCUT2D eigenvalue weighted by atomic mass is 10.0. The molecular weight excluding hydrogens is 308 g/mol. The van der Waals surface area contributed by atoms with Crippen molar-refractivity contribution in [1.29, 1.82) is 0 Å². The Labute approximate surface area is 137 Å². The minimum atomic E-state index is -0.812. The van der Waals surface area contributed by atoms with Crippen LogP contribution in [0.1, 0.15) is 17.4 Å². The number of aliphatic hydroxyl groups is 1. The molecule has 0 aliphatic heterocycles. The highest BCUT2D eigenvalue weighted by molar-refractivity contribution is 7.71. The fourth-order valence-electron chi connectivity index (χ4n) is 2.73. The van der Waals surface area contributed by atoms with E-state index in [9.17, 15) is 5.11 Å². The van der Waals surface area contributed by atoms with Crippen molar-refractivity contribution in [2.75, 3.05) is 0 Å². The van der Waals surface area contributed by atoms with E-state index in [0.717, 1.165) is 22.0 Å². The molecule has 0 saturated heterocycles. The first-order chi connectivity index (χ1) is 11.1. The van der Waals surface area contributed by atoms with Crippen LogP contribution >= 0.6 is 12.2 Å². The van der Waals surface area contributed by atoms with Gasteiger partial charge in [-0.15, -0.1) is 0 Å². The quantitative estimate of drug-likeness (QED) is 0.564. The number of hydrogen-bond acceptors (Lipinski definition) is 4. The number of para-hydroxylation sites is 1. The molecule has 2 heterocycles. The first-order valence-corrected chi connectivity index (χ1v) is 7.67. The van der Waals surface area contributed by atoms with Gasteiger partial charge in [-0.05, 0) is 42.0 Å². The summed E-state index contributed by atoms with van der Waals surface area (Å²) in [6.07, 6.45) is -0.812. The third kappa shape index (κ3) is 2.34. The zero-order valence-corrected chi connectivity index (χ0v) is 13.2. The van der Waals surface area contributed by atoms with Gasteiger partial charge in [0.15, 0.2) is 5.58 Å². The van der Waals surface area contributed by atoms with Crippen molar-refractivity contribution >= 4 is 34.2 Å². The lowest BCUT2D eigenvalue weighted by Gasteiger charge is -2.11. The summed E-state index contributed by atoms with van der Waals surface area (Å²) >= 11 is 5.13. The standard InChI is InChI=1S/C18H14N2O2S/c1-20-15-9-7-12(10-16(15)22-18(20)23)17(21)14-8-6-11-4-2-3-5-13(11)19-14/h2-10,17,21H,1H3. The van der Waals surface area contributed by atoms with E-state index >= 15 is 0 Å². The van der Waals surface area contributed by atoms with Crippen molar-refractivity contribution in [3.8, 4) is 0 Å². The summed E-state index contributed by atoms with van der Waals surface area (Å²) in [7, 11) is 1.86. The summed E-state index contributed by atoms with van der Waals surface area (Å²) < 4.78 is 7.34. The van der Waals surface area contributed by atoms with Gasteiger partial charge in [0.1, 0.15) is 6.10 Å². The second-order valence-electron chi connectivity index (χ2n) is 5.49. The highest BCUT2D eigenvalue weighted by Gasteiger charge is 2.14. The van der Waals surface area contributed by atoms with Crippen LogP contribution in [0.4, 0.5) is 0 Å². The van der Waals surface area contributed by atoms with E-state index in [1.54, 1.807) is 4.57 Å². The SMILES string of the molecule is Cn1c(=S)oc2cc(C(O)c3ccc4ccccc4n3)ccc21. The van der Waals surface area contributed by atoms with Gasteiger partial charge in [0.25, 0.3) is 4.84 Å². The molecule has 4 rings (SSSR count). The molecule has 0 aliphatic rings. The molecule has 2 aromatic heterocycles. The van der Waals surface area contributed by atoms with Crippen LogP contribution in [-0.2, 0) is 7.05 Å². The maximum Gasteiger partial charge on any atom is 0.269 e. The minimum Gasteiger partial charge on any atom is -0.429 e. The molecule has 4 nitrogen and oxygen atoms in total. The lowest BCUT2D eigenvalue weighted by Crippen LogP contribution is -2.02. The van der Waals surface area contributed by atoms with Crippen molar-refractivity contribution in [3.63, 3.8) is 0 Å². The Hall–Kier alpha value is -2.50. The van der Waals surface area contributed by atoms with Gasteiger partial charge in [-0.3, -0.25) is 0 Å². The molecule has 0 saturated carbocycles. The number of fused-ring (bicyclic) bond motifs is 2. The number of nitrogens with zero attached hydrogens (tertiary/aromatic N) is 2. The second-order valence-corrected chi connectivity index (χ2v) is 5.83. The van der Waals surface area contributed by atoms with Gasteiger partial charge in [0.2, 0.25) is 0 Å². The maximum atomic E-state index is 10.6. The van der Waals surface area contributed by atoms with Crippen molar-refractivity contribution in [2.45, 2.75) is 6.10 Å². The zero-order chi connectivity index (χ0) is 16.0. The summed E-state index contributed by atoms with van der Waals surface area (Å²) in [5.41, 5.74) is 3.76. The van der Waals surface area contributed by atoms with Crippen LogP contribution in [0, 0.1) is 4.84 Å². The summed E-state index contributed by atoms with van der Waals surface area (Å²) in [6.45, 7) is 0. The predicted molar refractivity (Wildman–Crippen MR) is 91.8 cm³/mol. The Morgan fingerprint density at radius 3 is 2.83 bits per heavy atom. The number of aromatic nitrogens is 2. The van der Waals surface area contributed by atoms with Gasteiger partial charge in [-0.1, -0.05) is 30.3 Å². The predicted octanol–water partition coefficient (Wildman–Crippen LogP) is 4.13. The number of aliphatic hydroxyl groups excluding tert-OH is 1. The fourth-order valence-corrected chi connectivity index (χ4v) is 2.91. The molecule has 23 heavy (non-hydrogen) atoms. The molecule has 1 N–H and O–H groups in total. The Morgan fingerprint density at radius 2 is 1.96 bits per heavy atom. The lowest BCUT2D eigenvalue weighted by molar-refractivity contribution is 0.216. The third-order valence-corrected chi connectivity index (χ3v) is 4.39. The van der Waals surface area contributed by atoms with E-state index in [1.807, 2.05) is 61.6 Å². The molecular formula is C18H14N2O2S.